The third-order valence-electron chi connectivity index (χ3n) is 4.29. The summed E-state index contributed by atoms with van der Waals surface area (Å²) >= 11 is 5.95. The largest absolute Gasteiger partial charge is 0.376 e. The molecule has 1 aromatic carbocycles. The molecule has 2 aliphatic heterocycles. The standard InChI is InChI=1S/C15H20ClFN2O3S/c1-10-6-19-7-13(5-14(19)8-22-10)18-23(20,21)9-11-4-12(17)2-3-15(11)16/h2-4,10,13-14,18H,5-9H2,1H3/t10-,13-,14-/m0/s1. The smallest absolute Gasteiger partial charge is 0.216 e. The van der Waals surface area contributed by atoms with Gasteiger partial charge in [0.1, 0.15) is 5.82 Å². The zero-order valence-corrected chi connectivity index (χ0v) is 14.4. The lowest BCUT2D eigenvalue weighted by Gasteiger charge is -2.33. The summed E-state index contributed by atoms with van der Waals surface area (Å²) in [5, 5.41) is 0.253. The maximum absolute atomic E-state index is 13.3. The van der Waals surface area contributed by atoms with Gasteiger partial charge in [-0.1, -0.05) is 11.6 Å². The Morgan fingerprint density at radius 2 is 2.22 bits per heavy atom. The van der Waals surface area contributed by atoms with Crippen molar-refractivity contribution < 1.29 is 17.5 Å². The summed E-state index contributed by atoms with van der Waals surface area (Å²) in [5.74, 6) is -0.818. The van der Waals surface area contributed by atoms with Gasteiger partial charge in [0.2, 0.25) is 10.0 Å². The van der Waals surface area contributed by atoms with Crippen LogP contribution in [-0.4, -0.2) is 51.2 Å². The molecule has 0 aliphatic carbocycles. The molecule has 1 N–H and O–H groups in total. The van der Waals surface area contributed by atoms with Crippen LogP contribution in [0.2, 0.25) is 5.02 Å². The summed E-state index contributed by atoms with van der Waals surface area (Å²) in [7, 11) is -3.58. The first-order chi connectivity index (χ1) is 10.8. The molecule has 23 heavy (non-hydrogen) atoms. The molecule has 0 aromatic heterocycles. The van der Waals surface area contributed by atoms with Gasteiger partial charge in [0.05, 0.1) is 18.5 Å². The molecule has 1 aromatic rings. The highest BCUT2D eigenvalue weighted by Gasteiger charge is 2.37. The second-order valence-electron chi connectivity index (χ2n) is 6.30. The lowest BCUT2D eigenvalue weighted by Crippen LogP contribution is -2.45. The molecule has 0 spiro atoms. The highest BCUT2D eigenvalue weighted by Crippen LogP contribution is 2.24. The zero-order valence-electron chi connectivity index (χ0n) is 12.8. The van der Waals surface area contributed by atoms with Crippen LogP contribution >= 0.6 is 11.6 Å². The van der Waals surface area contributed by atoms with E-state index in [9.17, 15) is 12.8 Å². The molecule has 128 valence electrons. The third-order valence-corrected chi connectivity index (χ3v) is 6.04. The third kappa shape index (κ3) is 4.22. The van der Waals surface area contributed by atoms with Crippen molar-refractivity contribution in [1.29, 1.82) is 0 Å². The minimum Gasteiger partial charge on any atom is -0.376 e. The number of halogens is 2. The summed E-state index contributed by atoms with van der Waals surface area (Å²) in [6.07, 6.45) is 0.899. The number of hydrogen-bond acceptors (Lipinski definition) is 4. The molecule has 2 saturated heterocycles. The average Bonchev–Trinajstić information content (AvgIpc) is 2.82. The number of hydrogen-bond donors (Lipinski definition) is 1. The minimum absolute atomic E-state index is 0.147. The van der Waals surface area contributed by atoms with E-state index in [4.69, 9.17) is 16.3 Å². The van der Waals surface area contributed by atoms with Crippen molar-refractivity contribution in [2.24, 2.45) is 0 Å². The van der Waals surface area contributed by atoms with Gasteiger partial charge >= 0.3 is 0 Å². The molecule has 2 aliphatic rings. The molecular weight excluding hydrogens is 343 g/mol. The molecule has 0 radical (unpaired) electrons. The van der Waals surface area contributed by atoms with Crippen molar-refractivity contribution in [2.45, 2.75) is 37.3 Å². The van der Waals surface area contributed by atoms with Crippen molar-refractivity contribution in [2.75, 3.05) is 19.7 Å². The summed E-state index contributed by atoms with van der Waals surface area (Å²) in [5.41, 5.74) is 0.270. The van der Waals surface area contributed by atoms with Gasteiger partial charge in [0.25, 0.3) is 0 Å². The molecule has 3 atom stereocenters. The van der Waals surface area contributed by atoms with Gasteiger partial charge in [-0.3, -0.25) is 4.90 Å². The molecule has 0 saturated carbocycles. The fraction of sp³-hybridized carbons (Fsp3) is 0.600. The number of benzene rings is 1. The highest BCUT2D eigenvalue weighted by molar-refractivity contribution is 7.88. The predicted octanol–water partition coefficient (Wildman–Crippen LogP) is 1.76. The van der Waals surface area contributed by atoms with Gasteiger partial charge in [-0.05, 0) is 37.1 Å². The minimum atomic E-state index is -3.58. The number of nitrogens with one attached hydrogen (secondary N) is 1. The van der Waals surface area contributed by atoms with E-state index in [2.05, 4.69) is 9.62 Å². The number of rotatable bonds is 4. The fourth-order valence-electron chi connectivity index (χ4n) is 3.28. The Morgan fingerprint density at radius 3 is 3.00 bits per heavy atom. The summed E-state index contributed by atoms with van der Waals surface area (Å²) in [4.78, 5) is 2.26. The van der Waals surface area contributed by atoms with E-state index in [1.807, 2.05) is 6.92 Å². The van der Waals surface area contributed by atoms with Crippen molar-refractivity contribution in [3.63, 3.8) is 0 Å². The van der Waals surface area contributed by atoms with Gasteiger partial charge in [-0.25, -0.2) is 17.5 Å². The maximum atomic E-state index is 13.3. The number of ether oxygens (including phenoxy) is 1. The van der Waals surface area contributed by atoms with Gasteiger partial charge in [-0.2, -0.15) is 0 Å². The molecule has 8 heteroatoms. The first kappa shape index (κ1) is 17.1. The predicted molar refractivity (Wildman–Crippen MR) is 86.3 cm³/mol. The maximum Gasteiger partial charge on any atom is 0.216 e. The Kier molecular flexibility index (Phi) is 4.94. The quantitative estimate of drug-likeness (QED) is 0.886. The van der Waals surface area contributed by atoms with Crippen LogP contribution in [0, 0.1) is 5.82 Å². The number of nitrogens with zero attached hydrogens (tertiary/aromatic N) is 1. The van der Waals surface area contributed by atoms with E-state index in [0.29, 0.717) is 13.2 Å². The summed E-state index contributed by atoms with van der Waals surface area (Å²) < 4.78 is 46.3. The first-order valence-electron chi connectivity index (χ1n) is 7.62. The monoisotopic (exact) mass is 362 g/mol. The summed E-state index contributed by atoms with van der Waals surface area (Å²) in [6, 6.07) is 3.86. The second kappa shape index (κ2) is 6.64. The Bertz CT molecular complexity index is 685. The number of morpholine rings is 1. The van der Waals surface area contributed by atoms with Crippen molar-refractivity contribution in [3.05, 3.63) is 34.6 Å². The van der Waals surface area contributed by atoms with Crippen molar-refractivity contribution in [3.8, 4) is 0 Å². The Balaban J connectivity index is 1.64. The van der Waals surface area contributed by atoms with E-state index < -0.39 is 15.8 Å². The Morgan fingerprint density at radius 1 is 1.43 bits per heavy atom. The van der Waals surface area contributed by atoms with Crippen molar-refractivity contribution >= 4 is 21.6 Å². The van der Waals surface area contributed by atoms with Crippen LogP contribution in [0.15, 0.2) is 18.2 Å². The first-order valence-corrected chi connectivity index (χ1v) is 9.65. The molecule has 0 amide bonds. The van der Waals surface area contributed by atoms with Gasteiger partial charge in [-0.15, -0.1) is 0 Å². The number of fused-ring (bicyclic) bond motifs is 1. The van der Waals surface area contributed by atoms with Crippen LogP contribution < -0.4 is 4.72 Å². The fourth-order valence-corrected chi connectivity index (χ4v) is 4.95. The normalized spacial score (nSPS) is 28.7. The highest BCUT2D eigenvalue weighted by atomic mass is 35.5. The Labute approximate surface area is 140 Å². The zero-order chi connectivity index (χ0) is 16.6. The molecule has 3 rings (SSSR count). The van der Waals surface area contributed by atoms with Crippen LogP contribution in [0.5, 0.6) is 0 Å². The van der Waals surface area contributed by atoms with E-state index in [1.54, 1.807) is 0 Å². The SMILES string of the molecule is C[C@H]1CN2C[C@@H](NS(=O)(=O)Cc3cc(F)ccc3Cl)C[C@H]2CO1. The molecule has 2 fully saturated rings. The lowest BCUT2D eigenvalue weighted by molar-refractivity contribution is -0.0390. The molecular formula is C15H20ClFN2O3S. The van der Waals surface area contributed by atoms with Crippen LogP contribution in [0.3, 0.4) is 0 Å². The van der Waals surface area contributed by atoms with E-state index in [1.165, 1.54) is 12.1 Å². The lowest BCUT2D eigenvalue weighted by atomic mass is 10.2. The molecule has 2 heterocycles. The van der Waals surface area contributed by atoms with Crippen LogP contribution in [0.4, 0.5) is 4.39 Å². The Hall–Kier alpha value is -0.730. The van der Waals surface area contributed by atoms with E-state index >= 15 is 0 Å². The molecule has 5 nitrogen and oxygen atoms in total. The van der Waals surface area contributed by atoms with Crippen molar-refractivity contribution in [1.82, 2.24) is 9.62 Å². The summed E-state index contributed by atoms with van der Waals surface area (Å²) in [6.45, 7) is 4.14. The van der Waals surface area contributed by atoms with Gasteiger partial charge in [0, 0.05) is 30.2 Å². The van der Waals surface area contributed by atoms with Gasteiger partial charge in [0.15, 0.2) is 0 Å². The van der Waals surface area contributed by atoms with E-state index in [0.717, 1.165) is 19.0 Å². The van der Waals surface area contributed by atoms with E-state index in [-0.39, 0.29) is 34.5 Å². The topological polar surface area (TPSA) is 58.6 Å². The van der Waals surface area contributed by atoms with Gasteiger partial charge < -0.3 is 4.74 Å². The molecule has 0 bridgehead atoms. The average molecular weight is 363 g/mol. The number of sulfonamides is 1. The van der Waals surface area contributed by atoms with Crippen LogP contribution in [-0.2, 0) is 20.5 Å². The van der Waals surface area contributed by atoms with Crippen LogP contribution in [0.25, 0.3) is 0 Å². The molecule has 0 unspecified atom stereocenters. The van der Waals surface area contributed by atoms with Crippen LogP contribution in [0.1, 0.15) is 18.9 Å². The second-order valence-corrected chi connectivity index (χ2v) is 8.46.